The minimum absolute atomic E-state index is 0.160. The van der Waals surface area contributed by atoms with E-state index >= 15 is 0 Å². The van der Waals surface area contributed by atoms with Crippen LogP contribution in [0.3, 0.4) is 0 Å². The molecule has 2 rings (SSSR count). The largest absolute Gasteiger partial charge is 0.497 e. The summed E-state index contributed by atoms with van der Waals surface area (Å²) in [4.78, 5) is 11.4. The van der Waals surface area contributed by atoms with Gasteiger partial charge < -0.3 is 10.1 Å². The van der Waals surface area contributed by atoms with Crippen molar-refractivity contribution in [1.29, 1.82) is 0 Å². The van der Waals surface area contributed by atoms with Gasteiger partial charge in [-0.05, 0) is 23.6 Å². The molecule has 0 saturated carbocycles. The average molecular weight is 219 g/mol. The number of carbonyl (C=O) groups excluding carboxylic acids is 1. The van der Waals surface area contributed by atoms with Crippen LogP contribution in [0.1, 0.15) is 31.4 Å². The summed E-state index contributed by atoms with van der Waals surface area (Å²) in [5.41, 5.74) is 1.17. The fourth-order valence-electron chi connectivity index (χ4n) is 2.25. The molecular weight excluding hydrogens is 202 g/mol. The maximum atomic E-state index is 11.4. The van der Waals surface area contributed by atoms with Crippen molar-refractivity contribution in [2.45, 2.75) is 25.8 Å². The first-order valence-electron chi connectivity index (χ1n) is 5.68. The molecule has 2 atom stereocenters. The highest BCUT2D eigenvalue weighted by atomic mass is 16.5. The molecule has 1 saturated heterocycles. The van der Waals surface area contributed by atoms with Gasteiger partial charge >= 0.3 is 0 Å². The number of benzene rings is 1. The highest BCUT2D eigenvalue weighted by molar-refractivity contribution is 5.79. The molecule has 3 heteroatoms. The zero-order valence-corrected chi connectivity index (χ0v) is 9.69. The Kier molecular flexibility index (Phi) is 3.13. The number of rotatable bonds is 3. The standard InChI is InChI=1S/C13H17NO2/c1-3-9-8-12(15)14-13(9)10-4-6-11(16-2)7-5-10/h4-7,9,13H,3,8H2,1-2H3,(H,14,15)/t9-,13-/m0/s1. The van der Waals surface area contributed by atoms with Crippen LogP contribution in [0.25, 0.3) is 0 Å². The topological polar surface area (TPSA) is 38.3 Å². The number of nitrogens with one attached hydrogen (secondary N) is 1. The van der Waals surface area contributed by atoms with Crippen molar-refractivity contribution in [3.8, 4) is 5.75 Å². The first-order chi connectivity index (χ1) is 7.74. The predicted octanol–water partition coefficient (Wildman–Crippen LogP) is 2.28. The summed E-state index contributed by atoms with van der Waals surface area (Å²) in [6.45, 7) is 2.13. The molecular formula is C13H17NO2. The SMILES string of the molecule is CC[C@H]1CC(=O)N[C@@H]1c1ccc(OC)cc1. The van der Waals surface area contributed by atoms with Crippen LogP contribution in [0, 0.1) is 5.92 Å². The Balaban J connectivity index is 2.19. The van der Waals surface area contributed by atoms with E-state index in [0.29, 0.717) is 12.3 Å². The maximum absolute atomic E-state index is 11.4. The highest BCUT2D eigenvalue weighted by Gasteiger charge is 2.31. The molecule has 1 aliphatic heterocycles. The molecule has 1 amide bonds. The normalized spacial score (nSPS) is 24.2. The highest BCUT2D eigenvalue weighted by Crippen LogP contribution is 2.32. The van der Waals surface area contributed by atoms with Crippen LogP contribution in [-0.2, 0) is 4.79 Å². The Labute approximate surface area is 95.8 Å². The third-order valence-electron chi connectivity index (χ3n) is 3.23. The van der Waals surface area contributed by atoms with E-state index in [9.17, 15) is 4.79 Å². The van der Waals surface area contributed by atoms with Gasteiger partial charge in [0.1, 0.15) is 5.75 Å². The maximum Gasteiger partial charge on any atom is 0.220 e. The van der Waals surface area contributed by atoms with Crippen LogP contribution in [0.4, 0.5) is 0 Å². The van der Waals surface area contributed by atoms with E-state index in [1.54, 1.807) is 7.11 Å². The van der Waals surface area contributed by atoms with Gasteiger partial charge in [0.15, 0.2) is 0 Å². The van der Waals surface area contributed by atoms with E-state index in [1.807, 2.05) is 24.3 Å². The van der Waals surface area contributed by atoms with Crippen LogP contribution < -0.4 is 10.1 Å². The van der Waals surface area contributed by atoms with E-state index in [0.717, 1.165) is 12.2 Å². The molecule has 16 heavy (non-hydrogen) atoms. The summed E-state index contributed by atoms with van der Waals surface area (Å²) >= 11 is 0. The summed E-state index contributed by atoms with van der Waals surface area (Å²) < 4.78 is 5.12. The van der Waals surface area contributed by atoms with Gasteiger partial charge in [0, 0.05) is 6.42 Å². The van der Waals surface area contributed by atoms with E-state index in [2.05, 4.69) is 12.2 Å². The van der Waals surface area contributed by atoms with Gasteiger partial charge in [-0.2, -0.15) is 0 Å². The zero-order valence-electron chi connectivity index (χ0n) is 9.69. The molecule has 3 nitrogen and oxygen atoms in total. The Bertz CT molecular complexity index is 372. The van der Waals surface area contributed by atoms with E-state index in [-0.39, 0.29) is 11.9 Å². The average Bonchev–Trinajstić information content (AvgIpc) is 2.70. The Morgan fingerprint density at radius 2 is 2.06 bits per heavy atom. The monoisotopic (exact) mass is 219 g/mol. The molecule has 0 aliphatic carbocycles. The number of carbonyl (C=O) groups is 1. The molecule has 1 fully saturated rings. The fraction of sp³-hybridized carbons (Fsp3) is 0.462. The molecule has 0 radical (unpaired) electrons. The second-order valence-corrected chi connectivity index (χ2v) is 4.19. The lowest BCUT2D eigenvalue weighted by Crippen LogP contribution is -2.20. The lowest BCUT2D eigenvalue weighted by molar-refractivity contribution is -0.119. The van der Waals surface area contributed by atoms with Crippen LogP contribution in [0.5, 0.6) is 5.75 Å². The lowest BCUT2D eigenvalue weighted by atomic mass is 9.92. The van der Waals surface area contributed by atoms with Crippen LogP contribution >= 0.6 is 0 Å². The van der Waals surface area contributed by atoms with Crippen LogP contribution in [0.15, 0.2) is 24.3 Å². The Morgan fingerprint density at radius 3 is 2.62 bits per heavy atom. The first kappa shape index (κ1) is 11.0. The van der Waals surface area contributed by atoms with Crippen molar-refractivity contribution in [2.24, 2.45) is 5.92 Å². The van der Waals surface area contributed by atoms with Gasteiger partial charge in [-0.1, -0.05) is 25.5 Å². The smallest absolute Gasteiger partial charge is 0.220 e. The lowest BCUT2D eigenvalue weighted by Gasteiger charge is -2.17. The molecule has 1 aliphatic rings. The van der Waals surface area contributed by atoms with E-state index < -0.39 is 0 Å². The quantitative estimate of drug-likeness (QED) is 0.847. The number of ether oxygens (including phenoxy) is 1. The number of amides is 1. The van der Waals surface area contributed by atoms with Gasteiger partial charge in [-0.25, -0.2) is 0 Å². The molecule has 1 aromatic rings. The Morgan fingerprint density at radius 1 is 1.38 bits per heavy atom. The molecule has 86 valence electrons. The number of methoxy groups -OCH3 is 1. The summed E-state index contributed by atoms with van der Waals surface area (Å²) in [5.74, 6) is 1.43. The van der Waals surface area contributed by atoms with E-state index in [1.165, 1.54) is 5.56 Å². The molecule has 0 bridgehead atoms. The zero-order chi connectivity index (χ0) is 11.5. The van der Waals surface area contributed by atoms with Gasteiger partial charge in [0.05, 0.1) is 13.2 Å². The minimum atomic E-state index is 0.160. The van der Waals surface area contributed by atoms with Crippen molar-refractivity contribution in [1.82, 2.24) is 5.32 Å². The van der Waals surface area contributed by atoms with Crippen molar-refractivity contribution in [3.63, 3.8) is 0 Å². The summed E-state index contributed by atoms with van der Waals surface area (Å²) in [6, 6.07) is 8.09. The molecule has 1 aromatic carbocycles. The van der Waals surface area contributed by atoms with Crippen molar-refractivity contribution in [2.75, 3.05) is 7.11 Å². The third-order valence-corrected chi connectivity index (χ3v) is 3.23. The van der Waals surface area contributed by atoms with Crippen LogP contribution in [0.2, 0.25) is 0 Å². The van der Waals surface area contributed by atoms with Crippen molar-refractivity contribution in [3.05, 3.63) is 29.8 Å². The second kappa shape index (κ2) is 4.56. The number of hydrogen-bond donors (Lipinski definition) is 1. The van der Waals surface area contributed by atoms with Gasteiger partial charge in [-0.15, -0.1) is 0 Å². The molecule has 0 spiro atoms. The van der Waals surface area contributed by atoms with Crippen LogP contribution in [-0.4, -0.2) is 13.0 Å². The van der Waals surface area contributed by atoms with E-state index in [4.69, 9.17) is 4.74 Å². The molecule has 1 N–H and O–H groups in total. The summed E-state index contributed by atoms with van der Waals surface area (Å²) in [6.07, 6.45) is 1.67. The Hall–Kier alpha value is -1.51. The summed E-state index contributed by atoms with van der Waals surface area (Å²) in [5, 5.41) is 3.03. The van der Waals surface area contributed by atoms with Gasteiger partial charge in [0.25, 0.3) is 0 Å². The predicted molar refractivity (Wildman–Crippen MR) is 62.3 cm³/mol. The van der Waals surface area contributed by atoms with Crippen molar-refractivity contribution >= 4 is 5.91 Å². The number of hydrogen-bond acceptors (Lipinski definition) is 2. The first-order valence-corrected chi connectivity index (χ1v) is 5.68. The second-order valence-electron chi connectivity index (χ2n) is 4.19. The van der Waals surface area contributed by atoms with Gasteiger partial charge in [-0.3, -0.25) is 4.79 Å². The summed E-state index contributed by atoms with van der Waals surface area (Å²) in [7, 11) is 1.65. The van der Waals surface area contributed by atoms with Gasteiger partial charge in [0.2, 0.25) is 5.91 Å². The molecule has 0 unspecified atom stereocenters. The third kappa shape index (κ3) is 2.03. The minimum Gasteiger partial charge on any atom is -0.497 e. The van der Waals surface area contributed by atoms with Crippen molar-refractivity contribution < 1.29 is 9.53 Å². The molecule has 0 aromatic heterocycles. The molecule has 1 heterocycles. The fourth-order valence-corrected chi connectivity index (χ4v) is 2.25.